The van der Waals surface area contributed by atoms with Gasteiger partial charge in [0.15, 0.2) is 6.10 Å². The van der Waals surface area contributed by atoms with Crippen molar-refractivity contribution in [3.8, 4) is 0 Å². The zero-order valence-electron chi connectivity index (χ0n) is 15.0. The standard InChI is InChI=1S/C21H21ClN2O3/c1-2-3-9-17-18-19(27-24(17)16-7-5-4-6-8-16)21(26)23(20(18)25)15-12-10-14(22)11-13-15/h4-8,10-13,17-19H,2-3,9H2,1H3/t17-,18-,19-/m0/s1. The fourth-order valence-corrected chi connectivity index (χ4v) is 4.00. The number of hydrogen-bond donors (Lipinski definition) is 0. The van der Waals surface area contributed by atoms with E-state index in [0.717, 1.165) is 24.9 Å². The minimum Gasteiger partial charge on any atom is -0.273 e. The first kappa shape index (κ1) is 18.0. The summed E-state index contributed by atoms with van der Waals surface area (Å²) in [7, 11) is 0. The summed E-state index contributed by atoms with van der Waals surface area (Å²) in [4.78, 5) is 33.5. The first-order valence-corrected chi connectivity index (χ1v) is 9.64. The van der Waals surface area contributed by atoms with Gasteiger partial charge in [-0.05, 0) is 42.8 Å². The van der Waals surface area contributed by atoms with Gasteiger partial charge in [-0.15, -0.1) is 0 Å². The minimum atomic E-state index is -0.782. The molecule has 5 nitrogen and oxygen atoms in total. The number of unbranched alkanes of at least 4 members (excludes halogenated alkanes) is 1. The third kappa shape index (κ3) is 3.11. The number of halogens is 1. The maximum Gasteiger partial charge on any atom is 0.266 e. The molecular formula is C21H21ClN2O3. The number of amides is 2. The van der Waals surface area contributed by atoms with Crippen molar-refractivity contribution in [3.63, 3.8) is 0 Å². The topological polar surface area (TPSA) is 49.9 Å². The second kappa shape index (κ2) is 7.33. The predicted octanol–water partition coefficient (Wildman–Crippen LogP) is 4.21. The Kier molecular flexibility index (Phi) is 4.89. The fourth-order valence-electron chi connectivity index (χ4n) is 3.87. The van der Waals surface area contributed by atoms with Crippen LogP contribution in [0.3, 0.4) is 0 Å². The van der Waals surface area contributed by atoms with Crippen molar-refractivity contribution < 1.29 is 14.4 Å². The lowest BCUT2D eigenvalue weighted by atomic mass is 9.92. The summed E-state index contributed by atoms with van der Waals surface area (Å²) in [5.41, 5.74) is 1.40. The van der Waals surface area contributed by atoms with E-state index in [1.54, 1.807) is 29.3 Å². The Labute approximate surface area is 163 Å². The monoisotopic (exact) mass is 384 g/mol. The number of fused-ring (bicyclic) bond motifs is 1. The highest BCUT2D eigenvalue weighted by molar-refractivity contribution is 6.31. The van der Waals surface area contributed by atoms with Crippen LogP contribution in [-0.2, 0) is 14.4 Å². The molecule has 2 saturated heterocycles. The molecule has 140 valence electrons. The van der Waals surface area contributed by atoms with Crippen LogP contribution in [-0.4, -0.2) is 24.0 Å². The van der Waals surface area contributed by atoms with E-state index in [2.05, 4.69) is 6.92 Å². The zero-order chi connectivity index (χ0) is 19.0. The SMILES string of the molecule is CCCC[C@H]1[C@@H]2C(=O)N(c3ccc(Cl)cc3)C(=O)[C@H]2ON1c1ccccc1. The van der Waals surface area contributed by atoms with Crippen LogP contribution in [0.5, 0.6) is 0 Å². The normalized spacial score (nSPS) is 24.6. The van der Waals surface area contributed by atoms with Crippen molar-refractivity contribution in [1.29, 1.82) is 0 Å². The van der Waals surface area contributed by atoms with Gasteiger partial charge in [-0.3, -0.25) is 14.4 Å². The summed E-state index contributed by atoms with van der Waals surface area (Å²) in [6.07, 6.45) is 1.98. The number of para-hydroxylation sites is 1. The van der Waals surface area contributed by atoms with E-state index in [-0.39, 0.29) is 17.9 Å². The van der Waals surface area contributed by atoms with Gasteiger partial charge in [0.1, 0.15) is 0 Å². The van der Waals surface area contributed by atoms with Gasteiger partial charge in [0.25, 0.3) is 5.91 Å². The smallest absolute Gasteiger partial charge is 0.266 e. The maximum absolute atomic E-state index is 13.2. The molecule has 3 atom stereocenters. The summed E-state index contributed by atoms with van der Waals surface area (Å²) in [5.74, 6) is -1.01. The van der Waals surface area contributed by atoms with Crippen LogP contribution in [0.25, 0.3) is 0 Å². The van der Waals surface area contributed by atoms with Gasteiger partial charge in [-0.2, -0.15) is 0 Å². The van der Waals surface area contributed by atoms with E-state index in [1.165, 1.54) is 4.90 Å². The van der Waals surface area contributed by atoms with Crippen molar-refractivity contribution in [2.45, 2.75) is 38.3 Å². The molecule has 0 unspecified atom stereocenters. The van der Waals surface area contributed by atoms with Gasteiger partial charge in [-0.25, -0.2) is 9.96 Å². The predicted molar refractivity (Wildman–Crippen MR) is 105 cm³/mol. The Balaban J connectivity index is 1.66. The highest BCUT2D eigenvalue weighted by Gasteiger charge is 2.59. The molecule has 2 aromatic rings. The van der Waals surface area contributed by atoms with Crippen LogP contribution in [0.1, 0.15) is 26.2 Å². The van der Waals surface area contributed by atoms with Crippen LogP contribution in [0.15, 0.2) is 54.6 Å². The fraction of sp³-hybridized carbons (Fsp3) is 0.333. The highest BCUT2D eigenvalue weighted by Crippen LogP contribution is 2.42. The number of imide groups is 1. The molecule has 0 N–H and O–H groups in total. The molecule has 2 amide bonds. The third-order valence-electron chi connectivity index (χ3n) is 5.19. The van der Waals surface area contributed by atoms with Gasteiger partial charge in [-0.1, -0.05) is 49.6 Å². The van der Waals surface area contributed by atoms with Crippen LogP contribution >= 0.6 is 11.6 Å². The molecule has 27 heavy (non-hydrogen) atoms. The Bertz CT molecular complexity index is 840. The van der Waals surface area contributed by atoms with E-state index < -0.39 is 12.0 Å². The molecular weight excluding hydrogens is 364 g/mol. The number of rotatable bonds is 5. The van der Waals surface area contributed by atoms with Crippen molar-refractivity contribution in [2.24, 2.45) is 5.92 Å². The molecule has 0 aromatic heterocycles. The molecule has 2 fully saturated rings. The number of carbonyl (C=O) groups is 2. The number of hydroxylamine groups is 1. The molecule has 0 aliphatic carbocycles. The van der Waals surface area contributed by atoms with Gasteiger partial charge >= 0.3 is 0 Å². The second-order valence-electron chi connectivity index (χ2n) is 6.91. The molecule has 4 rings (SSSR count). The van der Waals surface area contributed by atoms with Gasteiger partial charge in [0.05, 0.1) is 23.3 Å². The van der Waals surface area contributed by atoms with Gasteiger partial charge in [0, 0.05) is 5.02 Å². The van der Waals surface area contributed by atoms with Gasteiger partial charge in [0.2, 0.25) is 5.91 Å². The number of anilines is 2. The van der Waals surface area contributed by atoms with Gasteiger partial charge < -0.3 is 0 Å². The first-order valence-electron chi connectivity index (χ1n) is 9.26. The largest absolute Gasteiger partial charge is 0.273 e. The Hall–Kier alpha value is -2.37. The molecule has 0 saturated carbocycles. The lowest BCUT2D eigenvalue weighted by Crippen LogP contribution is -2.40. The minimum absolute atomic E-state index is 0.161. The number of carbonyl (C=O) groups excluding carboxylic acids is 2. The number of nitrogens with zero attached hydrogens (tertiary/aromatic N) is 2. The average molecular weight is 385 g/mol. The molecule has 2 aliphatic rings. The molecule has 0 radical (unpaired) electrons. The number of hydrogen-bond acceptors (Lipinski definition) is 4. The lowest BCUT2D eigenvalue weighted by molar-refractivity contribution is -0.126. The van der Waals surface area contributed by atoms with E-state index in [0.29, 0.717) is 10.7 Å². The summed E-state index contributed by atoms with van der Waals surface area (Å²) in [6.45, 7) is 2.11. The lowest BCUT2D eigenvalue weighted by Gasteiger charge is -2.28. The molecule has 6 heteroatoms. The van der Waals surface area contributed by atoms with Crippen LogP contribution < -0.4 is 9.96 Å². The van der Waals surface area contributed by atoms with E-state index in [4.69, 9.17) is 16.4 Å². The summed E-state index contributed by atoms with van der Waals surface area (Å²) in [5, 5.41) is 2.32. The highest BCUT2D eigenvalue weighted by atomic mass is 35.5. The summed E-state index contributed by atoms with van der Waals surface area (Å²) < 4.78 is 0. The van der Waals surface area contributed by atoms with E-state index in [9.17, 15) is 9.59 Å². The second-order valence-corrected chi connectivity index (χ2v) is 7.35. The van der Waals surface area contributed by atoms with Crippen LogP contribution in [0.4, 0.5) is 11.4 Å². The van der Waals surface area contributed by atoms with Crippen molar-refractivity contribution in [3.05, 3.63) is 59.6 Å². The first-order chi connectivity index (χ1) is 13.1. The summed E-state index contributed by atoms with van der Waals surface area (Å²) >= 11 is 5.93. The molecule has 2 aliphatic heterocycles. The quantitative estimate of drug-likeness (QED) is 0.724. The van der Waals surface area contributed by atoms with Crippen LogP contribution in [0.2, 0.25) is 5.02 Å². The number of benzene rings is 2. The van der Waals surface area contributed by atoms with Crippen LogP contribution in [0, 0.1) is 5.92 Å². The van der Waals surface area contributed by atoms with E-state index in [1.807, 2.05) is 30.3 Å². The Morgan fingerprint density at radius 3 is 2.33 bits per heavy atom. The third-order valence-corrected chi connectivity index (χ3v) is 5.44. The summed E-state index contributed by atoms with van der Waals surface area (Å²) in [6, 6.07) is 16.2. The molecule has 0 spiro atoms. The maximum atomic E-state index is 13.2. The van der Waals surface area contributed by atoms with Crippen molar-refractivity contribution in [1.82, 2.24) is 0 Å². The average Bonchev–Trinajstić information content (AvgIpc) is 3.18. The molecule has 2 aromatic carbocycles. The van der Waals surface area contributed by atoms with E-state index >= 15 is 0 Å². The molecule has 2 heterocycles. The Morgan fingerprint density at radius 1 is 0.963 bits per heavy atom. The molecule has 0 bridgehead atoms. The van der Waals surface area contributed by atoms with Crippen molar-refractivity contribution in [2.75, 3.05) is 9.96 Å². The Morgan fingerprint density at radius 2 is 1.67 bits per heavy atom. The zero-order valence-corrected chi connectivity index (χ0v) is 15.8. The van der Waals surface area contributed by atoms with Crippen molar-refractivity contribution >= 4 is 34.8 Å².